The highest BCUT2D eigenvalue weighted by atomic mass is 16.2. The van der Waals surface area contributed by atoms with Crippen molar-refractivity contribution in [1.82, 2.24) is 9.80 Å². The minimum Gasteiger partial charge on any atom is -0.348 e. The van der Waals surface area contributed by atoms with Crippen LogP contribution in [0.15, 0.2) is 97.1 Å². The van der Waals surface area contributed by atoms with Gasteiger partial charge in [0.1, 0.15) is 5.41 Å². The lowest BCUT2D eigenvalue weighted by atomic mass is 9.70. The first-order chi connectivity index (χ1) is 15.6. The van der Waals surface area contributed by atoms with E-state index >= 15 is 0 Å². The Hall–Kier alpha value is -3.17. The molecule has 0 aromatic heterocycles. The lowest BCUT2D eigenvalue weighted by Crippen LogP contribution is -2.47. The Bertz CT molecular complexity index is 1000. The quantitative estimate of drug-likeness (QED) is 0.518. The summed E-state index contributed by atoms with van der Waals surface area (Å²) in [6, 6.07) is 31.2. The maximum Gasteiger partial charge on any atom is 0.237 e. The summed E-state index contributed by atoms with van der Waals surface area (Å²) in [4.78, 5) is 18.0. The first-order valence-corrected chi connectivity index (χ1v) is 11.4. The molecular formula is C29H32N2O. The fourth-order valence-electron chi connectivity index (χ4n) is 4.79. The van der Waals surface area contributed by atoms with Gasteiger partial charge in [0.2, 0.25) is 5.91 Å². The Labute approximate surface area is 192 Å². The van der Waals surface area contributed by atoms with Gasteiger partial charge in [0.05, 0.1) is 0 Å². The van der Waals surface area contributed by atoms with Crippen LogP contribution in [0.3, 0.4) is 0 Å². The highest BCUT2D eigenvalue weighted by molar-refractivity contribution is 5.92. The maximum atomic E-state index is 13.8. The molecule has 0 unspecified atom stereocenters. The van der Waals surface area contributed by atoms with E-state index in [0.29, 0.717) is 0 Å². The molecule has 0 saturated heterocycles. The zero-order valence-electron chi connectivity index (χ0n) is 19.1. The smallest absolute Gasteiger partial charge is 0.237 e. The van der Waals surface area contributed by atoms with Crippen LogP contribution < -0.4 is 0 Å². The minimum atomic E-state index is -0.699. The topological polar surface area (TPSA) is 23.6 Å². The van der Waals surface area contributed by atoms with Crippen LogP contribution in [-0.4, -0.2) is 49.4 Å². The van der Waals surface area contributed by atoms with Crippen molar-refractivity contribution in [2.75, 3.05) is 33.7 Å². The number of carbonyl (C=O) groups excluding carboxylic acids is 1. The molecule has 1 heterocycles. The molecule has 32 heavy (non-hydrogen) atoms. The van der Waals surface area contributed by atoms with Crippen molar-refractivity contribution < 1.29 is 4.79 Å². The Morgan fingerprint density at radius 3 is 1.84 bits per heavy atom. The number of carbonyl (C=O) groups is 1. The fourth-order valence-corrected chi connectivity index (χ4v) is 4.79. The summed E-state index contributed by atoms with van der Waals surface area (Å²) < 4.78 is 0. The van der Waals surface area contributed by atoms with Crippen molar-refractivity contribution in [1.29, 1.82) is 0 Å². The van der Waals surface area contributed by atoms with E-state index in [9.17, 15) is 4.79 Å². The lowest BCUT2D eigenvalue weighted by Gasteiger charge is -2.38. The Balaban J connectivity index is 1.62. The summed E-state index contributed by atoms with van der Waals surface area (Å²) in [5, 5.41) is 0. The normalized spacial score (nSPS) is 14.6. The van der Waals surface area contributed by atoms with Crippen molar-refractivity contribution >= 4 is 11.5 Å². The van der Waals surface area contributed by atoms with E-state index in [1.54, 1.807) is 4.90 Å². The van der Waals surface area contributed by atoms with Gasteiger partial charge in [-0.1, -0.05) is 97.1 Å². The van der Waals surface area contributed by atoms with Crippen LogP contribution in [-0.2, 0) is 10.2 Å². The highest BCUT2D eigenvalue weighted by Gasteiger charge is 2.43. The van der Waals surface area contributed by atoms with Gasteiger partial charge in [-0.2, -0.15) is 0 Å². The number of nitrogens with zero attached hydrogens (tertiary/aromatic N) is 2. The van der Waals surface area contributed by atoms with E-state index in [0.717, 1.165) is 43.6 Å². The van der Waals surface area contributed by atoms with Crippen LogP contribution in [0.25, 0.3) is 5.57 Å². The van der Waals surface area contributed by atoms with Gasteiger partial charge < -0.3 is 4.90 Å². The third kappa shape index (κ3) is 4.53. The predicted octanol–water partition coefficient (Wildman–Crippen LogP) is 5.24. The molecule has 0 bridgehead atoms. The molecule has 0 aliphatic carbocycles. The van der Waals surface area contributed by atoms with Crippen molar-refractivity contribution in [2.45, 2.75) is 18.3 Å². The van der Waals surface area contributed by atoms with Crippen LogP contribution in [0.1, 0.15) is 29.5 Å². The van der Waals surface area contributed by atoms with E-state index in [1.807, 2.05) is 50.5 Å². The highest BCUT2D eigenvalue weighted by Crippen LogP contribution is 2.38. The predicted molar refractivity (Wildman–Crippen MR) is 132 cm³/mol. The molecule has 1 aliphatic heterocycles. The minimum absolute atomic E-state index is 0.132. The van der Waals surface area contributed by atoms with Gasteiger partial charge in [0.25, 0.3) is 0 Å². The Morgan fingerprint density at radius 1 is 0.844 bits per heavy atom. The first kappa shape index (κ1) is 22.0. The third-order valence-electron chi connectivity index (χ3n) is 6.55. The molecule has 0 spiro atoms. The van der Waals surface area contributed by atoms with E-state index in [1.165, 1.54) is 11.1 Å². The summed E-state index contributed by atoms with van der Waals surface area (Å²) >= 11 is 0. The number of likely N-dealkylation sites (N-methyl/N-ethyl adjacent to an activating group) is 1. The van der Waals surface area contributed by atoms with Gasteiger partial charge in [-0.15, -0.1) is 0 Å². The van der Waals surface area contributed by atoms with Gasteiger partial charge in [-0.05, 0) is 35.1 Å². The van der Waals surface area contributed by atoms with E-state index in [4.69, 9.17) is 0 Å². The third-order valence-corrected chi connectivity index (χ3v) is 6.55. The number of hydrogen-bond acceptors (Lipinski definition) is 2. The number of hydrogen-bond donors (Lipinski definition) is 0. The summed E-state index contributed by atoms with van der Waals surface area (Å²) in [5.41, 5.74) is 4.15. The molecule has 4 rings (SSSR count). The van der Waals surface area contributed by atoms with Crippen molar-refractivity contribution in [3.8, 4) is 0 Å². The standard InChI is InChI=1S/C29H32N2O/c1-30(2)28(32)29(26-14-8-4-9-15-26,27-16-10-5-11-17-27)20-23-31-21-18-25(19-22-31)24-12-6-3-7-13-24/h3-18H,19-23H2,1-2H3. The van der Waals surface area contributed by atoms with Gasteiger partial charge in [-0.3, -0.25) is 9.69 Å². The van der Waals surface area contributed by atoms with Crippen LogP contribution in [0.2, 0.25) is 0 Å². The van der Waals surface area contributed by atoms with Gasteiger partial charge in [0.15, 0.2) is 0 Å². The molecular weight excluding hydrogens is 392 g/mol. The molecule has 3 nitrogen and oxygen atoms in total. The monoisotopic (exact) mass is 424 g/mol. The Kier molecular flexibility index (Phi) is 6.87. The van der Waals surface area contributed by atoms with Crippen LogP contribution >= 0.6 is 0 Å². The second kappa shape index (κ2) is 9.97. The van der Waals surface area contributed by atoms with Gasteiger partial charge >= 0.3 is 0 Å². The molecule has 0 fully saturated rings. The van der Waals surface area contributed by atoms with E-state index in [2.05, 4.69) is 65.6 Å². The van der Waals surface area contributed by atoms with Crippen molar-refractivity contribution in [3.05, 3.63) is 114 Å². The fraction of sp³-hybridized carbons (Fsp3) is 0.276. The number of amides is 1. The summed E-state index contributed by atoms with van der Waals surface area (Å²) in [7, 11) is 3.72. The first-order valence-electron chi connectivity index (χ1n) is 11.4. The zero-order valence-corrected chi connectivity index (χ0v) is 19.1. The molecule has 0 saturated carbocycles. The van der Waals surface area contributed by atoms with E-state index in [-0.39, 0.29) is 5.91 Å². The Morgan fingerprint density at radius 2 is 1.38 bits per heavy atom. The van der Waals surface area contributed by atoms with Crippen LogP contribution in [0.5, 0.6) is 0 Å². The van der Waals surface area contributed by atoms with Gasteiger partial charge in [-0.25, -0.2) is 0 Å². The number of rotatable bonds is 7. The molecule has 3 aromatic rings. The second-order valence-corrected chi connectivity index (χ2v) is 8.73. The second-order valence-electron chi connectivity index (χ2n) is 8.73. The van der Waals surface area contributed by atoms with Crippen LogP contribution in [0, 0.1) is 0 Å². The average molecular weight is 425 g/mol. The van der Waals surface area contributed by atoms with Crippen LogP contribution in [0.4, 0.5) is 0 Å². The molecule has 0 atom stereocenters. The summed E-state index contributed by atoms with van der Waals surface area (Å²) in [6.45, 7) is 2.79. The summed E-state index contributed by atoms with van der Waals surface area (Å²) in [5.74, 6) is 0.132. The van der Waals surface area contributed by atoms with Crippen molar-refractivity contribution in [3.63, 3.8) is 0 Å². The number of benzene rings is 3. The molecule has 3 heteroatoms. The molecule has 0 radical (unpaired) electrons. The SMILES string of the molecule is CN(C)C(=O)C(CCN1CC=C(c2ccccc2)CC1)(c1ccccc1)c1ccccc1. The summed E-state index contributed by atoms with van der Waals surface area (Å²) in [6.07, 6.45) is 4.13. The maximum absolute atomic E-state index is 13.8. The molecule has 1 amide bonds. The zero-order chi connectivity index (χ0) is 22.4. The van der Waals surface area contributed by atoms with E-state index < -0.39 is 5.41 Å². The largest absolute Gasteiger partial charge is 0.348 e. The molecule has 0 N–H and O–H groups in total. The lowest BCUT2D eigenvalue weighted by molar-refractivity contribution is -0.133. The molecule has 3 aromatic carbocycles. The van der Waals surface area contributed by atoms with Gasteiger partial charge in [0, 0.05) is 33.7 Å². The molecule has 1 aliphatic rings. The van der Waals surface area contributed by atoms with Crippen molar-refractivity contribution in [2.24, 2.45) is 0 Å². The average Bonchev–Trinajstić information content (AvgIpc) is 2.86. The molecule has 164 valence electrons.